The number of nitrogens with zero attached hydrogens (tertiary/aromatic N) is 1. The van der Waals surface area contributed by atoms with Crippen molar-refractivity contribution < 1.29 is 9.21 Å². The molecule has 1 heterocycles. The number of nitrogens with two attached hydrogens (primary N) is 1. The molecule has 0 saturated heterocycles. The number of nitrogens with one attached hydrogen (secondary N) is 2. The van der Waals surface area contributed by atoms with Crippen LogP contribution in [0.15, 0.2) is 45.8 Å². The highest BCUT2D eigenvalue weighted by Gasteiger charge is 2.07. The maximum absolute atomic E-state index is 11.0. The normalized spacial score (nSPS) is 10.8. The van der Waals surface area contributed by atoms with Crippen molar-refractivity contribution in [2.45, 2.75) is 26.9 Å². The number of aryl methyl sites for hydroxylation is 1. The molecule has 6 nitrogen and oxygen atoms in total. The fourth-order valence-electron chi connectivity index (χ4n) is 2.07. The maximum Gasteiger partial charge on any atom is 0.284 e. The van der Waals surface area contributed by atoms with Crippen molar-refractivity contribution in [3.63, 3.8) is 0 Å². The predicted octanol–water partition coefficient (Wildman–Crippen LogP) is 2.56. The third kappa shape index (κ3) is 5.88. The van der Waals surface area contributed by atoms with E-state index in [2.05, 4.69) is 34.7 Å². The summed E-state index contributed by atoms with van der Waals surface area (Å²) in [6.45, 7) is 5.84. The first-order valence-corrected chi connectivity index (χ1v) is 7.55. The maximum atomic E-state index is 11.0. The molecular formula is C17H23IN4O2. The fourth-order valence-corrected chi connectivity index (χ4v) is 2.07. The zero-order chi connectivity index (χ0) is 16.7. The SMILES string of the molecule is CCNC(=NCc1ccccc1C)NCc1ccc(C(N)=O)o1.I. The van der Waals surface area contributed by atoms with Crippen molar-refractivity contribution in [1.82, 2.24) is 10.6 Å². The van der Waals surface area contributed by atoms with E-state index in [1.165, 1.54) is 11.1 Å². The molecule has 130 valence electrons. The summed E-state index contributed by atoms with van der Waals surface area (Å²) in [6, 6.07) is 11.4. The summed E-state index contributed by atoms with van der Waals surface area (Å²) in [5.41, 5.74) is 7.56. The summed E-state index contributed by atoms with van der Waals surface area (Å²) in [4.78, 5) is 15.6. The van der Waals surface area contributed by atoms with Gasteiger partial charge in [0.1, 0.15) is 5.76 Å². The van der Waals surface area contributed by atoms with Crippen LogP contribution in [0.1, 0.15) is 34.4 Å². The van der Waals surface area contributed by atoms with Gasteiger partial charge in [0.2, 0.25) is 0 Å². The van der Waals surface area contributed by atoms with Crippen LogP contribution in [0.3, 0.4) is 0 Å². The minimum Gasteiger partial charge on any atom is -0.454 e. The van der Waals surface area contributed by atoms with Gasteiger partial charge >= 0.3 is 0 Å². The Bertz CT molecular complexity index is 697. The molecule has 2 rings (SSSR count). The van der Waals surface area contributed by atoms with Crippen LogP contribution in [0, 0.1) is 6.92 Å². The first kappa shape index (κ1) is 20.0. The molecule has 4 N–H and O–H groups in total. The minimum atomic E-state index is -0.573. The van der Waals surface area contributed by atoms with Gasteiger partial charge in [0.25, 0.3) is 5.91 Å². The Morgan fingerprint density at radius 2 is 1.96 bits per heavy atom. The van der Waals surface area contributed by atoms with Crippen molar-refractivity contribution in [2.24, 2.45) is 10.7 Å². The van der Waals surface area contributed by atoms with Gasteiger partial charge in [-0.25, -0.2) is 4.99 Å². The van der Waals surface area contributed by atoms with E-state index in [0.717, 1.165) is 6.54 Å². The highest BCUT2D eigenvalue weighted by atomic mass is 127. The van der Waals surface area contributed by atoms with E-state index in [1.807, 2.05) is 19.1 Å². The van der Waals surface area contributed by atoms with E-state index in [1.54, 1.807) is 12.1 Å². The van der Waals surface area contributed by atoms with Crippen LogP contribution >= 0.6 is 24.0 Å². The number of primary amides is 1. The largest absolute Gasteiger partial charge is 0.454 e. The average Bonchev–Trinajstić information content (AvgIpc) is 3.00. The van der Waals surface area contributed by atoms with Crippen molar-refractivity contribution in [1.29, 1.82) is 0 Å². The van der Waals surface area contributed by atoms with Crippen LogP contribution in [-0.4, -0.2) is 18.4 Å². The molecule has 0 bridgehead atoms. The molecule has 1 amide bonds. The lowest BCUT2D eigenvalue weighted by Gasteiger charge is -2.10. The van der Waals surface area contributed by atoms with Crippen molar-refractivity contribution >= 4 is 35.8 Å². The van der Waals surface area contributed by atoms with E-state index in [4.69, 9.17) is 10.2 Å². The van der Waals surface area contributed by atoms with E-state index < -0.39 is 5.91 Å². The lowest BCUT2D eigenvalue weighted by atomic mass is 10.1. The van der Waals surface area contributed by atoms with E-state index in [0.29, 0.717) is 24.8 Å². The molecule has 1 aromatic carbocycles. The molecule has 0 aliphatic heterocycles. The monoisotopic (exact) mass is 442 g/mol. The Balaban J connectivity index is 0.00000288. The first-order chi connectivity index (χ1) is 11.1. The summed E-state index contributed by atoms with van der Waals surface area (Å²) >= 11 is 0. The molecule has 1 aromatic heterocycles. The number of guanidine groups is 1. The second-order valence-electron chi connectivity index (χ2n) is 5.11. The number of furan rings is 1. The molecule has 0 fully saturated rings. The number of carbonyl (C=O) groups is 1. The standard InChI is InChI=1S/C17H22N4O2.HI/c1-3-19-17(20-10-13-7-5-4-6-12(13)2)21-11-14-8-9-15(23-14)16(18)22;/h4-9H,3,10-11H2,1-2H3,(H2,18,22)(H2,19,20,21);1H. The molecule has 0 aliphatic carbocycles. The molecular weight excluding hydrogens is 419 g/mol. The Morgan fingerprint density at radius 3 is 2.58 bits per heavy atom. The van der Waals surface area contributed by atoms with Gasteiger partial charge in [-0.2, -0.15) is 0 Å². The van der Waals surface area contributed by atoms with Gasteiger partial charge in [-0.15, -0.1) is 24.0 Å². The molecule has 7 heteroatoms. The number of carbonyl (C=O) groups excluding carboxylic acids is 1. The third-order valence-electron chi connectivity index (χ3n) is 3.35. The van der Waals surface area contributed by atoms with Gasteiger partial charge in [-0.05, 0) is 37.1 Å². The molecule has 0 spiro atoms. The molecule has 2 aromatic rings. The Labute approximate surface area is 158 Å². The van der Waals surface area contributed by atoms with Crippen LogP contribution in [0.5, 0.6) is 0 Å². The quantitative estimate of drug-likeness (QED) is 0.364. The first-order valence-electron chi connectivity index (χ1n) is 7.55. The number of rotatable bonds is 6. The number of hydrogen-bond acceptors (Lipinski definition) is 3. The molecule has 0 atom stereocenters. The summed E-state index contributed by atoms with van der Waals surface area (Å²) in [5.74, 6) is 0.896. The highest BCUT2D eigenvalue weighted by Crippen LogP contribution is 2.09. The molecule has 0 radical (unpaired) electrons. The minimum absolute atomic E-state index is 0. The Morgan fingerprint density at radius 1 is 1.21 bits per heavy atom. The Hall–Kier alpha value is -2.03. The summed E-state index contributed by atoms with van der Waals surface area (Å²) in [6.07, 6.45) is 0. The van der Waals surface area contributed by atoms with Crippen LogP contribution in [0.2, 0.25) is 0 Å². The summed E-state index contributed by atoms with van der Waals surface area (Å²) in [7, 11) is 0. The molecule has 0 unspecified atom stereocenters. The average molecular weight is 442 g/mol. The van der Waals surface area contributed by atoms with Crippen molar-refractivity contribution in [2.75, 3.05) is 6.54 Å². The van der Waals surface area contributed by atoms with Crippen LogP contribution in [0.4, 0.5) is 0 Å². The second kappa shape index (κ2) is 9.96. The van der Waals surface area contributed by atoms with E-state index in [-0.39, 0.29) is 29.7 Å². The lowest BCUT2D eigenvalue weighted by molar-refractivity contribution is 0.0972. The molecule has 24 heavy (non-hydrogen) atoms. The number of amides is 1. The number of aliphatic imine (C=N–C) groups is 1. The van der Waals surface area contributed by atoms with E-state index in [9.17, 15) is 4.79 Å². The van der Waals surface area contributed by atoms with Gasteiger partial charge in [0, 0.05) is 6.54 Å². The van der Waals surface area contributed by atoms with Crippen LogP contribution < -0.4 is 16.4 Å². The summed E-state index contributed by atoms with van der Waals surface area (Å²) < 4.78 is 5.34. The number of halogens is 1. The predicted molar refractivity (Wildman–Crippen MR) is 105 cm³/mol. The fraction of sp³-hybridized carbons (Fsp3) is 0.294. The Kier molecular flexibility index (Phi) is 8.31. The lowest BCUT2D eigenvalue weighted by Crippen LogP contribution is -2.36. The van der Waals surface area contributed by atoms with Gasteiger partial charge in [0.05, 0.1) is 13.1 Å². The van der Waals surface area contributed by atoms with Crippen molar-refractivity contribution in [3.05, 3.63) is 59.0 Å². The van der Waals surface area contributed by atoms with Gasteiger partial charge in [0.15, 0.2) is 11.7 Å². The van der Waals surface area contributed by atoms with Crippen LogP contribution in [-0.2, 0) is 13.1 Å². The smallest absolute Gasteiger partial charge is 0.284 e. The van der Waals surface area contributed by atoms with Crippen LogP contribution in [0.25, 0.3) is 0 Å². The third-order valence-corrected chi connectivity index (χ3v) is 3.35. The molecule has 0 aliphatic rings. The zero-order valence-electron chi connectivity index (χ0n) is 13.8. The topological polar surface area (TPSA) is 92.6 Å². The summed E-state index contributed by atoms with van der Waals surface area (Å²) in [5, 5.41) is 6.35. The zero-order valence-corrected chi connectivity index (χ0v) is 16.2. The van der Waals surface area contributed by atoms with E-state index >= 15 is 0 Å². The van der Waals surface area contributed by atoms with Gasteiger partial charge in [-0.1, -0.05) is 24.3 Å². The molecule has 0 saturated carbocycles. The van der Waals surface area contributed by atoms with Crippen molar-refractivity contribution in [3.8, 4) is 0 Å². The highest BCUT2D eigenvalue weighted by molar-refractivity contribution is 14.0. The van der Waals surface area contributed by atoms with Gasteiger partial charge < -0.3 is 20.8 Å². The number of hydrogen-bond donors (Lipinski definition) is 3. The number of benzene rings is 1. The second-order valence-corrected chi connectivity index (χ2v) is 5.11. The van der Waals surface area contributed by atoms with Gasteiger partial charge in [-0.3, -0.25) is 4.79 Å².